The number of unbranched alkanes of at least 4 members (excludes halogenated alkanes) is 1. The number of carbonyl (C=O) groups excluding carboxylic acids is 1. The Labute approximate surface area is 216 Å². The Hall–Kier alpha value is -1.93. The van der Waals surface area contributed by atoms with Crippen LogP contribution in [-0.4, -0.2) is 43.9 Å². The number of amides is 1. The van der Waals surface area contributed by atoms with E-state index in [-0.39, 0.29) is 30.5 Å². The minimum absolute atomic E-state index is 0.00547. The summed E-state index contributed by atoms with van der Waals surface area (Å²) >= 11 is 0. The molecule has 5 N–H and O–H groups in total. The number of nitrogens with one attached hydrogen (secondary N) is 1. The fraction of sp³-hybridized carbons (Fsp3) is 0.621. The summed E-state index contributed by atoms with van der Waals surface area (Å²) in [7, 11) is -0.351. The highest BCUT2D eigenvalue weighted by Gasteiger charge is 2.68. The second kappa shape index (κ2) is 10.1. The van der Waals surface area contributed by atoms with Gasteiger partial charge < -0.3 is 26.1 Å². The van der Waals surface area contributed by atoms with Gasteiger partial charge in [0, 0.05) is 12.4 Å². The van der Waals surface area contributed by atoms with E-state index in [0.717, 1.165) is 25.7 Å². The van der Waals surface area contributed by atoms with Gasteiger partial charge in [0.15, 0.2) is 0 Å². The van der Waals surface area contributed by atoms with Crippen molar-refractivity contribution in [2.45, 2.75) is 82.9 Å². The van der Waals surface area contributed by atoms with Crippen molar-refractivity contribution < 1.29 is 14.1 Å². The average molecular weight is 491 g/mol. The molecule has 3 unspecified atom stereocenters. The third-order valence-electron chi connectivity index (χ3n) is 9.51. The van der Waals surface area contributed by atoms with Crippen molar-refractivity contribution in [1.82, 2.24) is 5.32 Å². The first kappa shape index (κ1) is 25.7. The zero-order chi connectivity index (χ0) is 25.5. The summed E-state index contributed by atoms with van der Waals surface area (Å²) in [4.78, 5) is 12.8. The summed E-state index contributed by atoms with van der Waals surface area (Å²) in [5, 5.41) is 5.56. The summed E-state index contributed by atoms with van der Waals surface area (Å²) in [6.45, 7) is 8.10. The first-order valence-electron chi connectivity index (χ1n) is 13.8. The normalized spacial score (nSPS) is 29.9. The zero-order valence-electron chi connectivity index (χ0n) is 22.0. The van der Waals surface area contributed by atoms with Gasteiger partial charge in [-0.2, -0.15) is 0 Å². The molecule has 1 heterocycles. The van der Waals surface area contributed by atoms with E-state index in [1.54, 1.807) is 0 Å². The van der Waals surface area contributed by atoms with Crippen LogP contribution in [0.2, 0.25) is 5.82 Å². The molecule has 36 heavy (non-hydrogen) atoms. The molecule has 3 saturated carbocycles. The molecule has 2 aromatic rings. The highest BCUT2D eigenvalue weighted by Crippen LogP contribution is 2.66. The summed E-state index contributed by atoms with van der Waals surface area (Å²) < 4.78 is 13.5. The zero-order valence-corrected chi connectivity index (χ0v) is 22.0. The number of hydrogen-bond acceptors (Lipinski definition) is 5. The highest BCUT2D eigenvalue weighted by atomic mass is 16.7. The van der Waals surface area contributed by atoms with E-state index < -0.39 is 6.04 Å². The van der Waals surface area contributed by atoms with Crippen molar-refractivity contribution in [1.29, 1.82) is 0 Å². The van der Waals surface area contributed by atoms with Crippen LogP contribution >= 0.6 is 0 Å². The lowest BCUT2D eigenvalue weighted by molar-refractivity contribution is -0.199. The molecule has 0 spiro atoms. The van der Waals surface area contributed by atoms with Crippen LogP contribution in [0.4, 0.5) is 0 Å². The summed E-state index contributed by atoms with van der Waals surface area (Å²) in [5.41, 5.74) is 13.0. The fourth-order valence-corrected chi connectivity index (χ4v) is 7.04. The predicted molar refractivity (Wildman–Crippen MR) is 145 cm³/mol. The molecule has 1 amide bonds. The molecular weight excluding hydrogens is 449 g/mol. The highest BCUT2D eigenvalue weighted by molar-refractivity contribution is 6.47. The summed E-state index contributed by atoms with van der Waals surface area (Å²) in [5.74, 6) is 1.09. The minimum Gasteiger partial charge on any atom is -0.405 e. The van der Waals surface area contributed by atoms with Crippen molar-refractivity contribution >= 4 is 23.8 Å². The molecule has 4 aliphatic rings. The minimum atomic E-state index is -0.517. The smallest absolute Gasteiger partial charge is 0.405 e. The van der Waals surface area contributed by atoms with E-state index in [2.05, 4.69) is 68.6 Å². The maximum Gasteiger partial charge on any atom is 0.463 e. The van der Waals surface area contributed by atoms with Crippen molar-refractivity contribution in [2.75, 3.05) is 13.1 Å². The molecule has 194 valence electrons. The molecule has 6 nitrogen and oxygen atoms in total. The van der Waals surface area contributed by atoms with Crippen molar-refractivity contribution in [3.05, 3.63) is 48.0 Å². The molecule has 4 fully saturated rings. The second-order valence-corrected chi connectivity index (χ2v) is 12.1. The number of carbonyl (C=O) groups is 1. The maximum absolute atomic E-state index is 12.8. The topological polar surface area (TPSA) is 99.6 Å². The van der Waals surface area contributed by atoms with E-state index in [1.165, 1.54) is 22.8 Å². The molecule has 6 atom stereocenters. The molecular formula is C29H42BN3O3. The first-order valence-corrected chi connectivity index (χ1v) is 13.8. The molecule has 2 aromatic carbocycles. The lowest BCUT2D eigenvalue weighted by atomic mass is 9.43. The Kier molecular flexibility index (Phi) is 7.21. The number of hydrogen-bond donors (Lipinski definition) is 3. The predicted octanol–water partition coefficient (Wildman–Crippen LogP) is 4.05. The number of rotatable bonds is 10. The maximum atomic E-state index is 12.8. The standard InChI is InChI=1S/C29H42BN3O3/c1-28(2)22-16-25(28)29(3)26(17-22)35-30(36-29)23(18-33-27(34)24(32)10-6-7-13-31)15-19-11-12-20-8-4-5-9-21(20)14-19/h4-5,8-9,11-12,14,22-26H,6-7,10,13,15-18,31-32H2,1-3H3,(H,33,34)/t22?,23-,24+,25?,26?,29-/m1/s1. The van der Waals surface area contributed by atoms with Gasteiger partial charge in [-0.3, -0.25) is 4.79 Å². The molecule has 6 rings (SSSR count). The van der Waals surface area contributed by atoms with Crippen LogP contribution in [0.5, 0.6) is 0 Å². The summed E-state index contributed by atoms with van der Waals surface area (Å²) in [6.07, 6.45) is 5.54. The molecule has 1 aliphatic heterocycles. The van der Waals surface area contributed by atoms with E-state index in [1.807, 2.05) is 0 Å². The van der Waals surface area contributed by atoms with Crippen LogP contribution < -0.4 is 16.8 Å². The van der Waals surface area contributed by atoms with Crippen LogP contribution in [0, 0.1) is 17.3 Å². The lowest BCUT2D eigenvalue weighted by Crippen LogP contribution is -2.65. The Morgan fingerprint density at radius 3 is 2.67 bits per heavy atom. The van der Waals surface area contributed by atoms with Gasteiger partial charge in [-0.05, 0) is 79.2 Å². The fourth-order valence-electron chi connectivity index (χ4n) is 7.04. The van der Waals surface area contributed by atoms with Crippen LogP contribution in [0.3, 0.4) is 0 Å². The average Bonchev–Trinajstić information content (AvgIpc) is 3.23. The van der Waals surface area contributed by atoms with E-state index in [9.17, 15) is 4.79 Å². The molecule has 2 bridgehead atoms. The van der Waals surface area contributed by atoms with Gasteiger partial charge in [0.05, 0.1) is 17.7 Å². The van der Waals surface area contributed by atoms with Crippen molar-refractivity contribution in [3.63, 3.8) is 0 Å². The third kappa shape index (κ3) is 4.71. The molecule has 3 aliphatic carbocycles. The van der Waals surface area contributed by atoms with Crippen LogP contribution in [0.15, 0.2) is 42.5 Å². The van der Waals surface area contributed by atoms with Crippen molar-refractivity contribution in [2.24, 2.45) is 28.7 Å². The Morgan fingerprint density at radius 1 is 1.14 bits per heavy atom. The SMILES string of the molecule is CC1(C)C2CC3OB([C@@H](CNC(=O)[C@@H](N)CCCCN)Cc4ccc5ccccc5c4)O[C@]3(C)C1C2. The van der Waals surface area contributed by atoms with Gasteiger partial charge in [-0.25, -0.2) is 0 Å². The number of benzene rings is 2. The Morgan fingerprint density at radius 2 is 1.92 bits per heavy atom. The second-order valence-electron chi connectivity index (χ2n) is 12.1. The van der Waals surface area contributed by atoms with Gasteiger partial charge in [-0.1, -0.05) is 62.7 Å². The molecule has 1 saturated heterocycles. The van der Waals surface area contributed by atoms with E-state index in [0.29, 0.717) is 36.8 Å². The van der Waals surface area contributed by atoms with E-state index in [4.69, 9.17) is 20.8 Å². The quantitative estimate of drug-likeness (QED) is 0.344. The Balaban J connectivity index is 1.32. The molecule has 7 heteroatoms. The van der Waals surface area contributed by atoms with Gasteiger partial charge in [-0.15, -0.1) is 0 Å². The van der Waals surface area contributed by atoms with Gasteiger partial charge >= 0.3 is 7.12 Å². The number of fused-ring (bicyclic) bond motifs is 1. The van der Waals surface area contributed by atoms with Crippen molar-refractivity contribution in [3.8, 4) is 0 Å². The van der Waals surface area contributed by atoms with Crippen LogP contribution in [0.25, 0.3) is 10.8 Å². The van der Waals surface area contributed by atoms with Crippen LogP contribution in [-0.2, 0) is 20.5 Å². The van der Waals surface area contributed by atoms with Gasteiger partial charge in [0.2, 0.25) is 5.91 Å². The first-order chi connectivity index (χ1) is 17.2. The van der Waals surface area contributed by atoms with Gasteiger partial charge in [0.1, 0.15) is 0 Å². The Bertz CT molecular complexity index is 1090. The summed E-state index contributed by atoms with van der Waals surface area (Å²) in [6, 6.07) is 14.5. The van der Waals surface area contributed by atoms with Crippen LogP contribution in [0.1, 0.15) is 58.4 Å². The lowest BCUT2D eigenvalue weighted by Gasteiger charge is -2.64. The third-order valence-corrected chi connectivity index (χ3v) is 9.51. The largest absolute Gasteiger partial charge is 0.463 e. The molecule has 0 radical (unpaired) electrons. The van der Waals surface area contributed by atoms with E-state index >= 15 is 0 Å². The number of nitrogens with two attached hydrogens (primary N) is 2. The van der Waals surface area contributed by atoms with Gasteiger partial charge in [0.25, 0.3) is 0 Å². The molecule has 0 aromatic heterocycles. The monoisotopic (exact) mass is 491 g/mol.